The van der Waals surface area contributed by atoms with Crippen molar-refractivity contribution in [2.45, 2.75) is 32.2 Å². The van der Waals surface area contributed by atoms with Crippen LogP contribution in [0.25, 0.3) is 0 Å². The molecule has 13 heavy (non-hydrogen) atoms. The number of imide groups is 1. The number of hydrogen-bond acceptors (Lipinski definition) is 2. The minimum absolute atomic E-state index is 0.00926. The summed E-state index contributed by atoms with van der Waals surface area (Å²) in [5.41, 5.74) is 0. The molecule has 0 spiro atoms. The van der Waals surface area contributed by atoms with Gasteiger partial charge in [0, 0.05) is 19.0 Å². The highest BCUT2D eigenvalue weighted by atomic mass is 16.2. The summed E-state index contributed by atoms with van der Waals surface area (Å²) in [6.45, 7) is 2.60. The summed E-state index contributed by atoms with van der Waals surface area (Å²) < 4.78 is 0. The predicted octanol–water partition coefficient (Wildman–Crippen LogP) is 0.727. The van der Waals surface area contributed by atoms with Gasteiger partial charge in [0.1, 0.15) is 0 Å². The summed E-state index contributed by atoms with van der Waals surface area (Å²) in [6, 6.07) is -0.00495. The number of rotatable bonds is 1. The average molecular weight is 182 g/mol. The van der Waals surface area contributed by atoms with Crippen LogP contribution in [0, 0.1) is 5.92 Å². The van der Waals surface area contributed by atoms with E-state index in [9.17, 15) is 9.59 Å². The Labute approximate surface area is 77.3 Å². The Bertz CT molecular complexity index is 248. The maximum atomic E-state index is 11.6. The summed E-state index contributed by atoms with van der Waals surface area (Å²) in [4.78, 5) is 24.4. The van der Waals surface area contributed by atoms with Gasteiger partial charge in [0.25, 0.3) is 0 Å². The number of carbonyl (C=O) groups excluding carboxylic acids is 2. The number of urea groups is 1. The molecule has 3 amide bonds. The molecule has 4 nitrogen and oxygen atoms in total. The van der Waals surface area contributed by atoms with E-state index in [-0.39, 0.29) is 23.9 Å². The monoisotopic (exact) mass is 182 g/mol. The first kappa shape index (κ1) is 8.53. The molecule has 2 fully saturated rings. The van der Waals surface area contributed by atoms with E-state index >= 15 is 0 Å². The van der Waals surface area contributed by atoms with E-state index in [0.717, 1.165) is 12.8 Å². The maximum Gasteiger partial charge on any atom is 0.324 e. The molecular formula is C9H14N2O2. The third-order valence-electron chi connectivity index (χ3n) is 2.52. The molecule has 0 bridgehead atoms. The molecule has 1 unspecified atom stereocenters. The second kappa shape index (κ2) is 3.01. The lowest BCUT2D eigenvalue weighted by molar-refractivity contribution is -0.128. The van der Waals surface area contributed by atoms with Crippen LogP contribution in [-0.2, 0) is 4.79 Å². The van der Waals surface area contributed by atoms with Crippen molar-refractivity contribution in [2.24, 2.45) is 5.92 Å². The molecule has 1 saturated carbocycles. The molecule has 1 aliphatic heterocycles. The standard InChI is InChI=1S/C9H14N2O2/c1-6-4-8(12)11(7-2-3-7)9(13)10-5-6/h6-7H,2-5H2,1H3,(H,10,13). The first-order chi connectivity index (χ1) is 6.18. The number of hydrogen-bond donors (Lipinski definition) is 1. The largest absolute Gasteiger partial charge is 0.337 e. The lowest BCUT2D eigenvalue weighted by Crippen LogP contribution is -2.42. The van der Waals surface area contributed by atoms with Gasteiger partial charge < -0.3 is 5.32 Å². The smallest absolute Gasteiger partial charge is 0.324 e. The van der Waals surface area contributed by atoms with Crippen molar-refractivity contribution in [3.8, 4) is 0 Å². The van der Waals surface area contributed by atoms with Crippen LogP contribution in [0.2, 0.25) is 0 Å². The highest BCUT2D eigenvalue weighted by Crippen LogP contribution is 2.28. The van der Waals surface area contributed by atoms with Gasteiger partial charge in [-0.25, -0.2) is 4.79 Å². The molecule has 72 valence electrons. The van der Waals surface area contributed by atoms with E-state index in [1.165, 1.54) is 4.90 Å². The van der Waals surface area contributed by atoms with Crippen LogP contribution >= 0.6 is 0 Å². The number of nitrogens with zero attached hydrogens (tertiary/aromatic N) is 1. The fraction of sp³-hybridized carbons (Fsp3) is 0.778. The minimum atomic E-state index is -0.197. The zero-order valence-electron chi connectivity index (χ0n) is 7.75. The van der Waals surface area contributed by atoms with Crippen molar-refractivity contribution < 1.29 is 9.59 Å². The van der Waals surface area contributed by atoms with Crippen molar-refractivity contribution in [1.29, 1.82) is 0 Å². The second-order valence-corrected chi connectivity index (χ2v) is 3.99. The highest BCUT2D eigenvalue weighted by molar-refractivity contribution is 5.96. The second-order valence-electron chi connectivity index (χ2n) is 3.99. The third-order valence-corrected chi connectivity index (χ3v) is 2.52. The predicted molar refractivity (Wildman–Crippen MR) is 47.0 cm³/mol. The van der Waals surface area contributed by atoms with Crippen LogP contribution in [0.4, 0.5) is 4.79 Å². The Kier molecular flexibility index (Phi) is 1.98. The van der Waals surface area contributed by atoms with Crippen LogP contribution in [-0.4, -0.2) is 29.4 Å². The molecule has 1 heterocycles. The van der Waals surface area contributed by atoms with E-state index in [0.29, 0.717) is 13.0 Å². The summed E-state index contributed by atoms with van der Waals surface area (Å²) in [5.74, 6) is 0.255. The lowest BCUT2D eigenvalue weighted by atomic mass is 10.1. The van der Waals surface area contributed by atoms with Crippen LogP contribution in [0.1, 0.15) is 26.2 Å². The molecule has 2 aliphatic rings. The number of carbonyl (C=O) groups is 2. The third kappa shape index (κ3) is 1.66. The molecule has 0 aromatic carbocycles. The van der Waals surface area contributed by atoms with Crippen LogP contribution in [0.5, 0.6) is 0 Å². The molecule has 1 aliphatic carbocycles. The normalized spacial score (nSPS) is 29.9. The molecule has 1 N–H and O–H groups in total. The summed E-state index contributed by atoms with van der Waals surface area (Å²) in [6.07, 6.45) is 2.45. The average Bonchev–Trinajstić information content (AvgIpc) is 2.83. The molecule has 1 saturated heterocycles. The fourth-order valence-electron chi connectivity index (χ4n) is 1.63. The van der Waals surface area contributed by atoms with Crippen molar-refractivity contribution in [3.05, 3.63) is 0 Å². The van der Waals surface area contributed by atoms with Gasteiger partial charge in [-0.2, -0.15) is 0 Å². The molecule has 2 rings (SSSR count). The maximum absolute atomic E-state index is 11.6. The quantitative estimate of drug-likeness (QED) is 0.649. The van der Waals surface area contributed by atoms with Crippen molar-refractivity contribution in [3.63, 3.8) is 0 Å². The molecule has 0 radical (unpaired) electrons. The number of nitrogens with one attached hydrogen (secondary N) is 1. The first-order valence-corrected chi connectivity index (χ1v) is 4.78. The van der Waals surface area contributed by atoms with Gasteiger partial charge >= 0.3 is 6.03 Å². The number of amides is 3. The molecule has 1 atom stereocenters. The topological polar surface area (TPSA) is 49.4 Å². The Morgan fingerprint density at radius 2 is 2.08 bits per heavy atom. The van der Waals surface area contributed by atoms with Gasteiger partial charge in [0.15, 0.2) is 0 Å². The van der Waals surface area contributed by atoms with E-state index in [4.69, 9.17) is 0 Å². The Hall–Kier alpha value is -1.06. The molecule has 0 aromatic rings. The van der Waals surface area contributed by atoms with E-state index in [1.807, 2.05) is 6.92 Å². The van der Waals surface area contributed by atoms with E-state index in [2.05, 4.69) is 5.32 Å². The van der Waals surface area contributed by atoms with Gasteiger partial charge in [-0.15, -0.1) is 0 Å². The Morgan fingerprint density at radius 3 is 2.69 bits per heavy atom. The SMILES string of the molecule is CC1CNC(=O)N(C2CC2)C(=O)C1. The van der Waals surface area contributed by atoms with Crippen molar-refractivity contribution in [2.75, 3.05) is 6.54 Å². The minimum Gasteiger partial charge on any atom is -0.337 e. The van der Waals surface area contributed by atoms with Crippen molar-refractivity contribution in [1.82, 2.24) is 10.2 Å². The van der Waals surface area contributed by atoms with Gasteiger partial charge in [0.2, 0.25) is 5.91 Å². The lowest BCUT2D eigenvalue weighted by Gasteiger charge is -2.17. The first-order valence-electron chi connectivity index (χ1n) is 4.78. The van der Waals surface area contributed by atoms with Crippen LogP contribution in [0.15, 0.2) is 0 Å². The van der Waals surface area contributed by atoms with Gasteiger partial charge in [-0.3, -0.25) is 9.69 Å². The molecule has 4 heteroatoms. The van der Waals surface area contributed by atoms with Gasteiger partial charge in [-0.1, -0.05) is 6.92 Å². The summed E-state index contributed by atoms with van der Waals surface area (Å²) >= 11 is 0. The van der Waals surface area contributed by atoms with Crippen molar-refractivity contribution >= 4 is 11.9 Å². The van der Waals surface area contributed by atoms with E-state index in [1.54, 1.807) is 0 Å². The Morgan fingerprint density at radius 1 is 1.38 bits per heavy atom. The van der Waals surface area contributed by atoms with Crippen LogP contribution in [0.3, 0.4) is 0 Å². The summed E-state index contributed by atoms with van der Waals surface area (Å²) in [7, 11) is 0. The van der Waals surface area contributed by atoms with E-state index < -0.39 is 0 Å². The highest BCUT2D eigenvalue weighted by Gasteiger charge is 2.38. The van der Waals surface area contributed by atoms with Gasteiger partial charge in [0.05, 0.1) is 0 Å². The van der Waals surface area contributed by atoms with Gasteiger partial charge in [-0.05, 0) is 18.8 Å². The van der Waals surface area contributed by atoms with Crippen LogP contribution < -0.4 is 5.32 Å². The zero-order chi connectivity index (χ0) is 9.42. The molecule has 0 aromatic heterocycles. The zero-order valence-corrected chi connectivity index (χ0v) is 7.75. The molecular weight excluding hydrogens is 168 g/mol. The fourth-order valence-corrected chi connectivity index (χ4v) is 1.63. The summed E-state index contributed by atoms with van der Waals surface area (Å²) in [5, 5.41) is 2.76. The Balaban J connectivity index is 2.12.